The first-order valence-electron chi connectivity index (χ1n) is 8.32. The van der Waals surface area contributed by atoms with E-state index in [2.05, 4.69) is 10.3 Å². The summed E-state index contributed by atoms with van der Waals surface area (Å²) in [6, 6.07) is 6.86. The van der Waals surface area contributed by atoms with Crippen molar-refractivity contribution in [3.63, 3.8) is 0 Å². The van der Waals surface area contributed by atoms with E-state index in [4.69, 9.17) is 0 Å². The summed E-state index contributed by atoms with van der Waals surface area (Å²) < 4.78 is 38.3. The van der Waals surface area contributed by atoms with Crippen molar-refractivity contribution in [1.29, 1.82) is 0 Å². The number of benzene rings is 1. The van der Waals surface area contributed by atoms with E-state index < -0.39 is 22.7 Å². The molecule has 0 saturated carbocycles. The summed E-state index contributed by atoms with van der Waals surface area (Å²) in [4.78, 5) is 29.6. The molecule has 1 aliphatic heterocycles. The van der Waals surface area contributed by atoms with Gasteiger partial charge in [0.1, 0.15) is 0 Å². The lowest BCUT2D eigenvalue weighted by Crippen LogP contribution is -2.50. The fraction of sp³-hybridized carbons (Fsp3) is 0.294. The molecule has 2 aromatic rings. The third-order valence-corrected chi connectivity index (χ3v) is 4.29. The van der Waals surface area contributed by atoms with E-state index in [0.29, 0.717) is 31.9 Å². The second-order valence-electron chi connectivity index (χ2n) is 6.11. The zero-order chi connectivity index (χ0) is 20.3. The van der Waals surface area contributed by atoms with Crippen LogP contribution in [-0.2, 0) is 6.18 Å². The normalized spacial score (nSPS) is 14.7. The first-order valence-corrected chi connectivity index (χ1v) is 8.32. The van der Waals surface area contributed by atoms with Gasteiger partial charge >= 0.3 is 18.0 Å². The average molecular weight is 395 g/mol. The van der Waals surface area contributed by atoms with Gasteiger partial charge in [0.2, 0.25) is 0 Å². The number of nitro groups is 1. The first-order chi connectivity index (χ1) is 13.2. The Bertz CT molecular complexity index is 865. The molecule has 28 heavy (non-hydrogen) atoms. The Morgan fingerprint density at radius 2 is 1.86 bits per heavy atom. The molecule has 0 aliphatic carbocycles. The summed E-state index contributed by atoms with van der Waals surface area (Å²) in [6.45, 7) is 1.63. The molecule has 1 aliphatic rings. The minimum absolute atomic E-state index is 0.0711. The Hall–Kier alpha value is -3.37. The number of hydrogen-bond acceptors (Lipinski definition) is 5. The van der Waals surface area contributed by atoms with Crippen molar-refractivity contribution in [2.75, 3.05) is 36.4 Å². The summed E-state index contributed by atoms with van der Waals surface area (Å²) in [5.41, 5.74) is -0.0637. The number of carbonyl (C=O) groups is 1. The van der Waals surface area contributed by atoms with E-state index >= 15 is 0 Å². The lowest BCUT2D eigenvalue weighted by molar-refractivity contribution is -0.389. The van der Waals surface area contributed by atoms with E-state index in [1.165, 1.54) is 29.3 Å². The van der Waals surface area contributed by atoms with E-state index in [1.807, 2.05) is 4.90 Å². The van der Waals surface area contributed by atoms with Crippen LogP contribution in [0, 0.1) is 10.1 Å². The largest absolute Gasteiger partial charge is 0.416 e. The maximum absolute atomic E-state index is 12.8. The van der Waals surface area contributed by atoms with E-state index in [0.717, 1.165) is 12.1 Å². The van der Waals surface area contributed by atoms with Gasteiger partial charge in [0.25, 0.3) is 0 Å². The van der Waals surface area contributed by atoms with Crippen LogP contribution in [0.15, 0.2) is 42.6 Å². The number of alkyl halides is 3. The van der Waals surface area contributed by atoms with Crippen molar-refractivity contribution in [1.82, 2.24) is 9.88 Å². The van der Waals surface area contributed by atoms with Crippen LogP contribution in [0.3, 0.4) is 0 Å². The summed E-state index contributed by atoms with van der Waals surface area (Å²) >= 11 is 0. The lowest BCUT2D eigenvalue weighted by atomic mass is 10.2. The van der Waals surface area contributed by atoms with Gasteiger partial charge in [-0.25, -0.2) is 4.79 Å². The second-order valence-corrected chi connectivity index (χ2v) is 6.11. The average Bonchev–Trinajstić information content (AvgIpc) is 2.68. The molecule has 2 amide bonds. The lowest BCUT2D eigenvalue weighted by Gasteiger charge is -2.35. The molecule has 8 nitrogen and oxygen atoms in total. The van der Waals surface area contributed by atoms with Crippen molar-refractivity contribution >= 4 is 23.2 Å². The molecule has 0 atom stereocenters. The van der Waals surface area contributed by atoms with Gasteiger partial charge in [-0.3, -0.25) is 0 Å². The highest BCUT2D eigenvalue weighted by Crippen LogP contribution is 2.30. The van der Waals surface area contributed by atoms with Gasteiger partial charge in [-0.05, 0) is 34.2 Å². The fourth-order valence-electron chi connectivity index (χ4n) is 2.82. The third kappa shape index (κ3) is 4.48. The number of pyridine rings is 1. The van der Waals surface area contributed by atoms with Gasteiger partial charge < -0.3 is 25.2 Å². The number of rotatable bonds is 3. The van der Waals surface area contributed by atoms with Crippen LogP contribution in [0.1, 0.15) is 5.56 Å². The Morgan fingerprint density at radius 1 is 1.14 bits per heavy atom. The smallest absolute Gasteiger partial charge is 0.365 e. The van der Waals surface area contributed by atoms with Crippen LogP contribution < -0.4 is 10.2 Å². The Kier molecular flexibility index (Phi) is 5.34. The molecule has 3 rings (SSSR count). The molecule has 2 heterocycles. The highest BCUT2D eigenvalue weighted by molar-refractivity contribution is 5.89. The number of piperazine rings is 1. The molecule has 1 N–H and O–H groups in total. The monoisotopic (exact) mass is 395 g/mol. The van der Waals surface area contributed by atoms with Crippen LogP contribution in [0.25, 0.3) is 0 Å². The van der Waals surface area contributed by atoms with Crippen LogP contribution in [-0.4, -0.2) is 47.0 Å². The minimum atomic E-state index is -4.48. The van der Waals surface area contributed by atoms with Gasteiger partial charge in [-0.1, -0.05) is 6.07 Å². The SMILES string of the molecule is O=C(Nc1cccc(C(F)(F)F)c1)N1CCN(c2ccc([N+](=O)[O-])nc2)CC1. The molecule has 1 aromatic heterocycles. The number of halogens is 3. The molecule has 0 unspecified atom stereocenters. The molecule has 0 bridgehead atoms. The number of hydrogen-bond donors (Lipinski definition) is 1. The molecule has 0 radical (unpaired) electrons. The Morgan fingerprint density at radius 3 is 2.43 bits per heavy atom. The third-order valence-electron chi connectivity index (χ3n) is 4.29. The number of anilines is 2. The summed E-state index contributed by atoms with van der Waals surface area (Å²) in [5, 5.41) is 13.1. The highest BCUT2D eigenvalue weighted by atomic mass is 19.4. The predicted octanol–water partition coefficient (Wildman–Crippen LogP) is 3.36. The molecular weight excluding hydrogens is 379 g/mol. The van der Waals surface area contributed by atoms with Gasteiger partial charge in [-0.15, -0.1) is 0 Å². The van der Waals surface area contributed by atoms with Crippen LogP contribution in [0.4, 0.5) is 35.2 Å². The zero-order valence-electron chi connectivity index (χ0n) is 14.5. The molecule has 148 valence electrons. The topological polar surface area (TPSA) is 91.6 Å². The van der Waals surface area contributed by atoms with Crippen molar-refractivity contribution in [3.05, 3.63) is 58.3 Å². The fourth-order valence-corrected chi connectivity index (χ4v) is 2.82. The maximum atomic E-state index is 12.8. The molecule has 1 saturated heterocycles. The van der Waals surface area contributed by atoms with E-state index in [-0.39, 0.29) is 11.5 Å². The number of carbonyl (C=O) groups excluding carboxylic acids is 1. The summed E-state index contributed by atoms with van der Waals surface area (Å²) in [5.74, 6) is -0.247. The molecule has 1 aromatic carbocycles. The number of urea groups is 1. The Labute approximate surface area is 157 Å². The van der Waals surface area contributed by atoms with Crippen molar-refractivity contribution in [3.8, 4) is 0 Å². The van der Waals surface area contributed by atoms with Crippen LogP contribution in [0.5, 0.6) is 0 Å². The van der Waals surface area contributed by atoms with E-state index in [9.17, 15) is 28.1 Å². The van der Waals surface area contributed by atoms with Gasteiger partial charge in [0.05, 0.1) is 11.3 Å². The van der Waals surface area contributed by atoms with Gasteiger partial charge in [-0.2, -0.15) is 13.2 Å². The highest BCUT2D eigenvalue weighted by Gasteiger charge is 2.30. The Balaban J connectivity index is 1.57. The van der Waals surface area contributed by atoms with Crippen molar-refractivity contribution in [2.45, 2.75) is 6.18 Å². The summed E-state index contributed by atoms with van der Waals surface area (Å²) in [7, 11) is 0. The van der Waals surface area contributed by atoms with Gasteiger partial charge in [0, 0.05) is 37.9 Å². The maximum Gasteiger partial charge on any atom is 0.416 e. The molecule has 1 fully saturated rings. The second kappa shape index (κ2) is 7.71. The van der Waals surface area contributed by atoms with Crippen LogP contribution >= 0.6 is 0 Å². The number of nitrogens with one attached hydrogen (secondary N) is 1. The first kappa shape index (κ1) is 19.4. The van der Waals surface area contributed by atoms with Crippen molar-refractivity contribution < 1.29 is 22.9 Å². The number of aromatic nitrogens is 1. The van der Waals surface area contributed by atoms with Gasteiger partial charge in [0.15, 0.2) is 6.20 Å². The zero-order valence-corrected chi connectivity index (χ0v) is 14.5. The quantitative estimate of drug-likeness (QED) is 0.636. The summed E-state index contributed by atoms with van der Waals surface area (Å²) in [6.07, 6.45) is -3.08. The number of amides is 2. The molecular formula is C17H16F3N5O3. The molecule has 11 heteroatoms. The van der Waals surface area contributed by atoms with E-state index in [1.54, 1.807) is 6.07 Å². The standard InChI is InChI=1S/C17H16F3N5O3/c18-17(19,20)12-2-1-3-13(10-12)22-16(26)24-8-6-23(7-9-24)14-4-5-15(21-11-14)25(27)28/h1-5,10-11H,6-9H2,(H,22,26). The van der Waals surface area contributed by atoms with Crippen molar-refractivity contribution in [2.24, 2.45) is 0 Å². The molecule has 0 spiro atoms. The van der Waals surface area contributed by atoms with Crippen LogP contribution in [0.2, 0.25) is 0 Å². The predicted molar refractivity (Wildman–Crippen MR) is 95.1 cm³/mol. The minimum Gasteiger partial charge on any atom is -0.365 e. The number of nitrogens with zero attached hydrogens (tertiary/aromatic N) is 4.